The minimum atomic E-state index is -0.809. The molecule has 0 heterocycles. The monoisotopic (exact) mass is 927 g/mol. The Labute approximate surface area is 412 Å². The van der Waals surface area contributed by atoms with Crippen molar-refractivity contribution in [2.24, 2.45) is 0 Å². The minimum absolute atomic E-state index is 0.107. The molecule has 0 aromatic heterocycles. The van der Waals surface area contributed by atoms with E-state index < -0.39 is 6.10 Å². The van der Waals surface area contributed by atoms with E-state index in [1.54, 1.807) is 0 Å². The first-order chi connectivity index (χ1) is 33.0. The quantitative estimate of drug-likeness (QED) is 0.0262. The standard InChI is InChI=1S/C61H98O6/c1-4-7-10-13-16-19-22-25-27-28-29-30-31-32-34-36-39-42-45-48-51-54-60(63)66-57-58(56-65-59(62)53-50-47-44-41-38-35-24-21-18-15-12-9-6-3)67-61(64)55-52-49-46-43-40-37-33-26-23-20-17-14-11-8-5-2/h7,9-10,12,16-21,25-27,29-30,32-35,38,58H,4-6,8,11,13-15,22-24,28,31,36-37,39-57H2,1-3H3/b10-7-,12-9-,19-16-,20-17-,21-18-,27-25-,30-29-,33-26-,34-32-,38-35-. The molecule has 1 unspecified atom stereocenters. The molecule has 0 bridgehead atoms. The molecular weight excluding hydrogens is 829 g/mol. The lowest BCUT2D eigenvalue weighted by Crippen LogP contribution is -2.30. The molecule has 6 heteroatoms. The van der Waals surface area contributed by atoms with E-state index >= 15 is 0 Å². The van der Waals surface area contributed by atoms with Gasteiger partial charge in [0, 0.05) is 19.3 Å². The fourth-order valence-electron chi connectivity index (χ4n) is 6.92. The highest BCUT2D eigenvalue weighted by molar-refractivity contribution is 5.71. The molecule has 0 saturated carbocycles. The zero-order chi connectivity index (χ0) is 48.6. The van der Waals surface area contributed by atoms with Crippen molar-refractivity contribution in [2.45, 2.75) is 232 Å². The lowest BCUT2D eigenvalue weighted by Gasteiger charge is -2.18. The lowest BCUT2D eigenvalue weighted by molar-refractivity contribution is -0.167. The van der Waals surface area contributed by atoms with Gasteiger partial charge in [0.05, 0.1) is 0 Å². The average Bonchev–Trinajstić information content (AvgIpc) is 3.33. The number of esters is 3. The van der Waals surface area contributed by atoms with Crippen molar-refractivity contribution in [3.8, 4) is 0 Å². The van der Waals surface area contributed by atoms with E-state index in [0.717, 1.165) is 161 Å². The van der Waals surface area contributed by atoms with Crippen LogP contribution in [0.15, 0.2) is 122 Å². The summed E-state index contributed by atoms with van der Waals surface area (Å²) >= 11 is 0. The van der Waals surface area contributed by atoms with Gasteiger partial charge >= 0.3 is 17.9 Å². The SMILES string of the molecule is CC/C=C\C/C=C\C/C=C\C/C=C\C/C=C\CCCCCCCC(=O)OCC(COC(=O)CCCCC/C=C\C/C=C\C/C=C\CC)OC(=O)CCCCCCC/C=C\C/C=C\CCCCC. The van der Waals surface area contributed by atoms with Crippen molar-refractivity contribution >= 4 is 17.9 Å². The third kappa shape index (κ3) is 52.6. The summed E-state index contributed by atoms with van der Waals surface area (Å²) in [4.78, 5) is 38.1. The molecule has 0 aliphatic heterocycles. The number of unbranched alkanes of at least 4 members (excludes halogenated alkanes) is 16. The highest BCUT2D eigenvalue weighted by atomic mass is 16.6. The van der Waals surface area contributed by atoms with Gasteiger partial charge in [-0.25, -0.2) is 0 Å². The van der Waals surface area contributed by atoms with Crippen LogP contribution < -0.4 is 0 Å². The van der Waals surface area contributed by atoms with Crippen molar-refractivity contribution < 1.29 is 28.6 Å². The van der Waals surface area contributed by atoms with E-state index in [0.29, 0.717) is 19.3 Å². The average molecular weight is 927 g/mol. The van der Waals surface area contributed by atoms with Crippen LogP contribution in [-0.2, 0) is 28.6 Å². The fourth-order valence-corrected chi connectivity index (χ4v) is 6.92. The molecule has 1 atom stereocenters. The second-order valence-electron chi connectivity index (χ2n) is 17.4. The fraction of sp³-hybridized carbons (Fsp3) is 0.623. The summed E-state index contributed by atoms with van der Waals surface area (Å²) in [6.07, 6.45) is 74.7. The Bertz CT molecular complexity index is 1440. The molecule has 0 N–H and O–H groups in total. The van der Waals surface area contributed by atoms with E-state index in [1.807, 2.05) is 0 Å². The molecule has 6 nitrogen and oxygen atoms in total. The van der Waals surface area contributed by atoms with E-state index in [2.05, 4.69) is 142 Å². The van der Waals surface area contributed by atoms with Gasteiger partial charge in [-0.15, -0.1) is 0 Å². The van der Waals surface area contributed by atoms with Gasteiger partial charge in [0.25, 0.3) is 0 Å². The van der Waals surface area contributed by atoms with E-state index in [1.165, 1.54) is 25.7 Å². The Kier molecular flexibility index (Phi) is 51.0. The molecule has 0 amide bonds. The third-order valence-corrected chi connectivity index (χ3v) is 10.9. The Morgan fingerprint density at radius 2 is 0.582 bits per heavy atom. The van der Waals surface area contributed by atoms with Crippen LogP contribution in [0.25, 0.3) is 0 Å². The van der Waals surface area contributed by atoms with E-state index in [9.17, 15) is 14.4 Å². The molecule has 0 spiro atoms. The first-order valence-corrected chi connectivity index (χ1v) is 27.0. The lowest BCUT2D eigenvalue weighted by atomic mass is 10.1. The third-order valence-electron chi connectivity index (χ3n) is 10.9. The molecule has 0 aliphatic carbocycles. The summed E-state index contributed by atoms with van der Waals surface area (Å²) in [7, 11) is 0. The van der Waals surface area contributed by atoms with Crippen molar-refractivity contribution in [1.82, 2.24) is 0 Å². The number of carbonyl (C=O) groups is 3. The summed E-state index contributed by atoms with van der Waals surface area (Å²) in [5, 5.41) is 0. The predicted octanol–water partition coefficient (Wildman–Crippen LogP) is 18.1. The van der Waals surface area contributed by atoms with Crippen LogP contribution in [-0.4, -0.2) is 37.2 Å². The largest absolute Gasteiger partial charge is 0.462 e. The summed E-state index contributed by atoms with van der Waals surface area (Å²) in [6.45, 7) is 6.32. The number of ether oxygens (including phenoxy) is 3. The summed E-state index contributed by atoms with van der Waals surface area (Å²) in [6, 6.07) is 0. The van der Waals surface area contributed by atoms with Crippen LogP contribution in [0.4, 0.5) is 0 Å². The number of rotatable bonds is 47. The van der Waals surface area contributed by atoms with Crippen LogP contribution in [0.2, 0.25) is 0 Å². The highest BCUT2D eigenvalue weighted by Gasteiger charge is 2.19. The van der Waals surface area contributed by atoms with Crippen LogP contribution >= 0.6 is 0 Å². The van der Waals surface area contributed by atoms with Crippen molar-refractivity contribution in [1.29, 1.82) is 0 Å². The Morgan fingerprint density at radius 3 is 0.925 bits per heavy atom. The molecule has 0 saturated heterocycles. The maximum atomic E-state index is 12.8. The molecule has 0 aromatic rings. The summed E-state index contributed by atoms with van der Waals surface area (Å²) in [5.74, 6) is -0.974. The Morgan fingerprint density at radius 1 is 0.313 bits per heavy atom. The molecule has 67 heavy (non-hydrogen) atoms. The van der Waals surface area contributed by atoms with Gasteiger partial charge < -0.3 is 14.2 Å². The van der Waals surface area contributed by atoms with Crippen molar-refractivity contribution in [3.63, 3.8) is 0 Å². The van der Waals surface area contributed by atoms with Gasteiger partial charge in [-0.1, -0.05) is 200 Å². The Balaban J connectivity index is 4.47. The normalized spacial score (nSPS) is 13.1. The smallest absolute Gasteiger partial charge is 0.306 e. The molecule has 0 radical (unpaired) electrons. The highest BCUT2D eigenvalue weighted by Crippen LogP contribution is 2.13. The molecule has 0 fully saturated rings. The van der Waals surface area contributed by atoms with Crippen LogP contribution in [0.3, 0.4) is 0 Å². The van der Waals surface area contributed by atoms with Crippen molar-refractivity contribution in [3.05, 3.63) is 122 Å². The number of carbonyl (C=O) groups excluding carboxylic acids is 3. The van der Waals surface area contributed by atoms with Gasteiger partial charge in [0.15, 0.2) is 6.10 Å². The van der Waals surface area contributed by atoms with Gasteiger partial charge in [0.2, 0.25) is 0 Å². The minimum Gasteiger partial charge on any atom is -0.462 e. The zero-order valence-corrected chi connectivity index (χ0v) is 43.1. The zero-order valence-electron chi connectivity index (χ0n) is 43.1. The van der Waals surface area contributed by atoms with E-state index in [4.69, 9.17) is 14.2 Å². The molecule has 0 aliphatic rings. The number of hydrogen-bond donors (Lipinski definition) is 0. The second-order valence-corrected chi connectivity index (χ2v) is 17.4. The van der Waals surface area contributed by atoms with Crippen molar-refractivity contribution in [2.75, 3.05) is 13.2 Å². The maximum absolute atomic E-state index is 12.8. The maximum Gasteiger partial charge on any atom is 0.306 e. The summed E-state index contributed by atoms with van der Waals surface area (Å²) < 4.78 is 16.8. The summed E-state index contributed by atoms with van der Waals surface area (Å²) in [5.41, 5.74) is 0. The molecule has 0 rings (SSSR count). The molecular formula is C61H98O6. The first-order valence-electron chi connectivity index (χ1n) is 27.0. The molecule has 0 aromatic carbocycles. The van der Waals surface area contributed by atoms with Crippen LogP contribution in [0.5, 0.6) is 0 Å². The molecule has 378 valence electrons. The number of allylic oxidation sites excluding steroid dienone is 20. The first kappa shape index (κ1) is 62.8. The topological polar surface area (TPSA) is 78.9 Å². The second kappa shape index (κ2) is 54.4. The van der Waals surface area contributed by atoms with Crippen LogP contribution in [0.1, 0.15) is 226 Å². The van der Waals surface area contributed by atoms with Gasteiger partial charge in [-0.3, -0.25) is 14.4 Å². The van der Waals surface area contributed by atoms with Gasteiger partial charge in [-0.05, 0) is 128 Å². The predicted molar refractivity (Wildman–Crippen MR) is 288 cm³/mol. The Hall–Kier alpha value is -4.19. The van der Waals surface area contributed by atoms with E-state index in [-0.39, 0.29) is 31.1 Å². The van der Waals surface area contributed by atoms with Gasteiger partial charge in [-0.2, -0.15) is 0 Å². The number of hydrogen-bond acceptors (Lipinski definition) is 6. The van der Waals surface area contributed by atoms with Gasteiger partial charge in [0.1, 0.15) is 13.2 Å². The van der Waals surface area contributed by atoms with Crippen LogP contribution in [0, 0.1) is 0 Å².